The summed E-state index contributed by atoms with van der Waals surface area (Å²) in [5.41, 5.74) is 3.57. The molecule has 0 radical (unpaired) electrons. The van der Waals surface area contributed by atoms with Crippen LogP contribution in [0.2, 0.25) is 0 Å². The van der Waals surface area contributed by atoms with Crippen molar-refractivity contribution < 1.29 is 9.18 Å². The Hall–Kier alpha value is -3.70. The Morgan fingerprint density at radius 1 is 1.09 bits per heavy atom. The van der Waals surface area contributed by atoms with Crippen LogP contribution in [0, 0.1) is 24.1 Å². The maximum atomic E-state index is 13.4. The number of amides is 1. The second-order valence-corrected chi connectivity index (χ2v) is 9.52. The van der Waals surface area contributed by atoms with Crippen molar-refractivity contribution in [3.63, 3.8) is 0 Å². The lowest BCUT2D eigenvalue weighted by Crippen LogP contribution is -2.34. The number of carbonyl (C=O) groups is 1. The third-order valence-corrected chi connectivity index (χ3v) is 7.34. The standard InChI is InChI=1S/C26H24FN5OS/c1-18-23-15-24(34-26(23)32(29-18)17-20-3-7-21(27)8-4-20)25(33)31-12-2-11-30(13-14-31)22-9-5-19(16-28)6-10-22/h3-10,15H,2,11-14,17H2,1H3. The highest BCUT2D eigenvalue weighted by atomic mass is 32.1. The molecule has 2 aromatic heterocycles. The van der Waals surface area contributed by atoms with Crippen LogP contribution in [0.1, 0.15) is 32.9 Å². The average molecular weight is 474 g/mol. The third kappa shape index (κ3) is 4.39. The number of halogens is 1. The van der Waals surface area contributed by atoms with Crippen LogP contribution in [0.25, 0.3) is 10.2 Å². The Bertz CT molecular complexity index is 1370. The first kappa shape index (κ1) is 22.1. The number of rotatable bonds is 4. The van der Waals surface area contributed by atoms with E-state index < -0.39 is 0 Å². The van der Waals surface area contributed by atoms with Crippen molar-refractivity contribution in [1.82, 2.24) is 14.7 Å². The van der Waals surface area contributed by atoms with Crippen molar-refractivity contribution in [3.8, 4) is 6.07 Å². The van der Waals surface area contributed by atoms with E-state index in [2.05, 4.69) is 16.1 Å². The van der Waals surface area contributed by atoms with Gasteiger partial charge in [-0.3, -0.25) is 9.48 Å². The summed E-state index contributed by atoms with van der Waals surface area (Å²) in [6.07, 6.45) is 0.883. The number of anilines is 1. The fourth-order valence-electron chi connectivity index (χ4n) is 4.37. The van der Waals surface area contributed by atoms with Crippen molar-refractivity contribution in [3.05, 3.63) is 82.1 Å². The number of aromatic nitrogens is 2. The predicted octanol–water partition coefficient (Wildman–Crippen LogP) is 4.82. The number of hydrogen-bond donors (Lipinski definition) is 0. The van der Waals surface area contributed by atoms with Crippen molar-refractivity contribution >= 4 is 33.1 Å². The summed E-state index contributed by atoms with van der Waals surface area (Å²) >= 11 is 1.47. The van der Waals surface area contributed by atoms with Gasteiger partial charge in [0.25, 0.3) is 5.91 Å². The lowest BCUT2D eigenvalue weighted by molar-refractivity contribution is 0.0772. The van der Waals surface area contributed by atoms with Gasteiger partial charge in [0.05, 0.1) is 28.7 Å². The first-order chi connectivity index (χ1) is 16.5. The molecule has 8 heteroatoms. The van der Waals surface area contributed by atoms with Crippen LogP contribution in [-0.2, 0) is 6.54 Å². The minimum atomic E-state index is -0.259. The zero-order valence-corrected chi connectivity index (χ0v) is 19.7. The molecule has 1 aliphatic rings. The van der Waals surface area contributed by atoms with Gasteiger partial charge in [0.2, 0.25) is 0 Å². The number of benzene rings is 2. The Balaban J connectivity index is 1.32. The topological polar surface area (TPSA) is 65.2 Å². The third-order valence-electron chi connectivity index (χ3n) is 6.21. The minimum Gasteiger partial charge on any atom is -0.370 e. The molecule has 1 amide bonds. The van der Waals surface area contributed by atoms with E-state index in [1.54, 1.807) is 12.1 Å². The Kier molecular flexibility index (Phi) is 6.03. The van der Waals surface area contributed by atoms with Crippen molar-refractivity contribution in [2.24, 2.45) is 0 Å². The molecule has 1 aliphatic heterocycles. The first-order valence-electron chi connectivity index (χ1n) is 11.3. The second-order valence-electron chi connectivity index (χ2n) is 8.49. The van der Waals surface area contributed by atoms with Gasteiger partial charge < -0.3 is 9.80 Å². The summed E-state index contributed by atoms with van der Waals surface area (Å²) < 4.78 is 15.2. The van der Waals surface area contributed by atoms with Crippen LogP contribution in [0.4, 0.5) is 10.1 Å². The van der Waals surface area contributed by atoms with Crippen LogP contribution in [0.15, 0.2) is 54.6 Å². The van der Waals surface area contributed by atoms with Crippen LogP contribution < -0.4 is 4.90 Å². The molecule has 3 heterocycles. The molecule has 34 heavy (non-hydrogen) atoms. The fourth-order valence-corrected chi connectivity index (χ4v) is 5.50. The molecular formula is C26H24FN5OS. The van der Waals surface area contributed by atoms with E-state index in [-0.39, 0.29) is 11.7 Å². The molecular weight excluding hydrogens is 449 g/mol. The molecule has 0 spiro atoms. The van der Waals surface area contributed by atoms with Gasteiger partial charge in [-0.15, -0.1) is 11.3 Å². The van der Waals surface area contributed by atoms with Crippen LogP contribution in [0.3, 0.4) is 0 Å². The Morgan fingerprint density at radius 3 is 2.59 bits per heavy atom. The largest absolute Gasteiger partial charge is 0.370 e. The van der Waals surface area contributed by atoms with Gasteiger partial charge in [-0.1, -0.05) is 12.1 Å². The lowest BCUT2D eigenvalue weighted by Gasteiger charge is -2.23. The van der Waals surface area contributed by atoms with Gasteiger partial charge in [-0.2, -0.15) is 10.4 Å². The molecule has 0 unspecified atom stereocenters. The van der Waals surface area contributed by atoms with E-state index in [9.17, 15) is 9.18 Å². The zero-order valence-electron chi connectivity index (χ0n) is 18.9. The highest BCUT2D eigenvalue weighted by Crippen LogP contribution is 2.30. The van der Waals surface area contributed by atoms with E-state index in [0.29, 0.717) is 25.2 Å². The minimum absolute atomic E-state index is 0.0515. The monoisotopic (exact) mass is 473 g/mol. The van der Waals surface area contributed by atoms with E-state index in [1.165, 1.54) is 23.5 Å². The van der Waals surface area contributed by atoms with Gasteiger partial charge >= 0.3 is 0 Å². The molecule has 172 valence electrons. The number of hydrogen-bond acceptors (Lipinski definition) is 5. The molecule has 0 atom stereocenters. The van der Waals surface area contributed by atoms with Gasteiger partial charge in [0.15, 0.2) is 0 Å². The summed E-state index contributed by atoms with van der Waals surface area (Å²) in [6, 6.07) is 18.1. The lowest BCUT2D eigenvalue weighted by atomic mass is 10.2. The SMILES string of the molecule is Cc1nn(Cc2ccc(F)cc2)c2sc(C(=O)N3CCCN(c4ccc(C#N)cc4)CC3)cc12. The van der Waals surface area contributed by atoms with Crippen LogP contribution in [-0.4, -0.2) is 46.8 Å². The van der Waals surface area contributed by atoms with Gasteiger partial charge in [-0.05, 0) is 61.4 Å². The summed E-state index contributed by atoms with van der Waals surface area (Å²) in [5.74, 6) is -0.208. The van der Waals surface area contributed by atoms with Gasteiger partial charge in [0.1, 0.15) is 10.6 Å². The van der Waals surface area contributed by atoms with Crippen molar-refractivity contribution in [2.75, 3.05) is 31.1 Å². The molecule has 5 rings (SSSR count). The molecule has 0 aliphatic carbocycles. The molecule has 0 N–H and O–H groups in total. The maximum Gasteiger partial charge on any atom is 0.264 e. The van der Waals surface area contributed by atoms with Gasteiger partial charge in [0, 0.05) is 37.3 Å². The number of carbonyl (C=O) groups excluding carboxylic acids is 1. The number of thiophene rings is 1. The number of nitrogens with zero attached hydrogens (tertiary/aromatic N) is 5. The Labute approximate surface area is 201 Å². The highest BCUT2D eigenvalue weighted by molar-refractivity contribution is 7.20. The summed E-state index contributed by atoms with van der Waals surface area (Å²) in [4.78, 5) is 19.3. The molecule has 0 bridgehead atoms. The van der Waals surface area contributed by atoms with E-state index >= 15 is 0 Å². The zero-order chi connectivity index (χ0) is 23.7. The molecule has 1 fully saturated rings. The molecule has 0 saturated carbocycles. The number of fused-ring (bicyclic) bond motifs is 1. The number of aryl methyl sites for hydroxylation is 1. The smallest absolute Gasteiger partial charge is 0.264 e. The Morgan fingerprint density at radius 2 is 1.85 bits per heavy atom. The molecule has 2 aromatic carbocycles. The molecule has 6 nitrogen and oxygen atoms in total. The highest BCUT2D eigenvalue weighted by Gasteiger charge is 2.24. The van der Waals surface area contributed by atoms with Crippen molar-refractivity contribution in [1.29, 1.82) is 5.26 Å². The summed E-state index contributed by atoms with van der Waals surface area (Å²) in [7, 11) is 0. The maximum absolute atomic E-state index is 13.4. The second kappa shape index (κ2) is 9.27. The summed E-state index contributed by atoms with van der Waals surface area (Å²) in [5, 5.41) is 14.6. The first-order valence-corrected chi connectivity index (χ1v) is 12.1. The quantitative estimate of drug-likeness (QED) is 0.426. The van der Waals surface area contributed by atoms with E-state index in [1.807, 2.05) is 46.8 Å². The fraction of sp³-hybridized carbons (Fsp3) is 0.269. The number of nitriles is 1. The normalized spacial score (nSPS) is 14.3. The van der Waals surface area contributed by atoms with Crippen LogP contribution >= 0.6 is 11.3 Å². The van der Waals surface area contributed by atoms with Crippen molar-refractivity contribution in [2.45, 2.75) is 19.9 Å². The van der Waals surface area contributed by atoms with E-state index in [0.717, 1.165) is 51.5 Å². The van der Waals surface area contributed by atoms with E-state index in [4.69, 9.17) is 5.26 Å². The predicted molar refractivity (Wildman–Crippen MR) is 132 cm³/mol. The molecule has 4 aromatic rings. The average Bonchev–Trinajstić information content (AvgIpc) is 3.31. The van der Waals surface area contributed by atoms with Gasteiger partial charge in [-0.25, -0.2) is 4.39 Å². The molecule has 1 saturated heterocycles. The summed E-state index contributed by atoms with van der Waals surface area (Å²) in [6.45, 7) is 5.45. The van der Waals surface area contributed by atoms with Crippen LogP contribution in [0.5, 0.6) is 0 Å².